The molecule has 1 aliphatic rings. The fourth-order valence-electron chi connectivity index (χ4n) is 3.53. The fraction of sp³-hybridized carbons (Fsp3) is 0.333. The minimum Gasteiger partial charge on any atom is -0.493 e. The molecule has 3 rings (SSSR count). The Bertz CT molecular complexity index is 977. The summed E-state index contributed by atoms with van der Waals surface area (Å²) in [6.45, 7) is 2.41. The van der Waals surface area contributed by atoms with E-state index in [-0.39, 0.29) is 24.2 Å². The van der Waals surface area contributed by atoms with Crippen molar-refractivity contribution in [2.45, 2.75) is 0 Å². The van der Waals surface area contributed by atoms with E-state index in [1.54, 1.807) is 23.1 Å². The Labute approximate surface area is 192 Å². The van der Waals surface area contributed by atoms with Gasteiger partial charge in [-0.2, -0.15) is 0 Å². The van der Waals surface area contributed by atoms with Crippen LogP contribution >= 0.6 is 0 Å². The summed E-state index contributed by atoms with van der Waals surface area (Å²) in [5.74, 6) is 0.868. The van der Waals surface area contributed by atoms with Crippen molar-refractivity contribution in [2.75, 3.05) is 59.4 Å². The summed E-state index contributed by atoms with van der Waals surface area (Å²) in [5.41, 5.74) is 1.29. The lowest BCUT2D eigenvalue weighted by Gasteiger charge is -2.33. The minimum atomic E-state index is -0.354. The normalized spacial score (nSPS) is 14.2. The number of hydrogen-bond donors (Lipinski definition) is 1. The zero-order valence-electron chi connectivity index (χ0n) is 19.0. The monoisotopic (exact) mass is 457 g/mol. The van der Waals surface area contributed by atoms with Crippen LogP contribution in [0.1, 0.15) is 5.56 Å². The van der Waals surface area contributed by atoms with Crippen molar-refractivity contribution in [1.29, 1.82) is 0 Å². The molecule has 33 heavy (non-hydrogen) atoms. The molecule has 8 nitrogen and oxygen atoms in total. The summed E-state index contributed by atoms with van der Waals surface area (Å²) in [6.07, 6.45) is 3.22. The van der Waals surface area contributed by atoms with E-state index in [4.69, 9.17) is 14.2 Å². The summed E-state index contributed by atoms with van der Waals surface area (Å²) in [4.78, 5) is 28.6. The summed E-state index contributed by atoms with van der Waals surface area (Å²) < 4.78 is 29.0. The summed E-state index contributed by atoms with van der Waals surface area (Å²) >= 11 is 0. The molecule has 0 atom stereocenters. The number of methoxy groups -OCH3 is 3. The lowest BCUT2D eigenvalue weighted by molar-refractivity contribution is -0.127. The number of nitrogens with one attached hydrogen (secondary N) is 1. The van der Waals surface area contributed by atoms with Crippen molar-refractivity contribution in [3.8, 4) is 17.2 Å². The van der Waals surface area contributed by atoms with Crippen LogP contribution in [0.2, 0.25) is 0 Å². The highest BCUT2D eigenvalue weighted by Gasteiger charge is 2.21. The van der Waals surface area contributed by atoms with Crippen LogP contribution in [0.3, 0.4) is 0 Å². The maximum atomic E-state index is 13.0. The van der Waals surface area contributed by atoms with E-state index in [0.29, 0.717) is 49.1 Å². The first-order chi connectivity index (χ1) is 15.9. The molecule has 176 valence electrons. The second kappa shape index (κ2) is 11.3. The molecule has 0 bridgehead atoms. The van der Waals surface area contributed by atoms with Gasteiger partial charge in [-0.3, -0.25) is 14.5 Å². The van der Waals surface area contributed by atoms with Gasteiger partial charge in [-0.15, -0.1) is 0 Å². The van der Waals surface area contributed by atoms with Gasteiger partial charge in [-0.05, 0) is 48.0 Å². The number of ether oxygens (including phenoxy) is 3. The van der Waals surface area contributed by atoms with Crippen LogP contribution in [0.5, 0.6) is 17.2 Å². The first kappa shape index (κ1) is 24.1. The van der Waals surface area contributed by atoms with Crippen molar-refractivity contribution in [2.24, 2.45) is 0 Å². The molecule has 0 saturated carbocycles. The molecule has 2 amide bonds. The van der Waals surface area contributed by atoms with E-state index >= 15 is 0 Å². The first-order valence-electron chi connectivity index (χ1n) is 10.5. The predicted octanol–water partition coefficient (Wildman–Crippen LogP) is 2.65. The number of rotatable bonds is 8. The van der Waals surface area contributed by atoms with Gasteiger partial charge < -0.3 is 24.4 Å². The molecule has 2 aromatic carbocycles. The van der Waals surface area contributed by atoms with E-state index in [1.807, 2.05) is 4.90 Å². The van der Waals surface area contributed by atoms with Crippen molar-refractivity contribution >= 4 is 23.6 Å². The molecule has 1 heterocycles. The highest BCUT2D eigenvalue weighted by Crippen LogP contribution is 2.38. The van der Waals surface area contributed by atoms with Crippen molar-refractivity contribution in [1.82, 2.24) is 9.80 Å². The quantitative estimate of drug-likeness (QED) is 0.614. The predicted molar refractivity (Wildman–Crippen MR) is 123 cm³/mol. The molecule has 9 heteroatoms. The van der Waals surface area contributed by atoms with Gasteiger partial charge in [0.1, 0.15) is 5.82 Å². The molecule has 2 aromatic rings. The van der Waals surface area contributed by atoms with Crippen molar-refractivity contribution in [3.05, 3.63) is 53.9 Å². The number of nitrogens with zero attached hydrogens (tertiary/aromatic N) is 2. The number of amides is 2. The number of hydrogen-bond acceptors (Lipinski definition) is 6. The van der Waals surface area contributed by atoms with Gasteiger partial charge in [0, 0.05) is 37.9 Å². The third-order valence-electron chi connectivity index (χ3n) is 5.28. The number of anilines is 1. The van der Waals surface area contributed by atoms with Crippen LogP contribution in [0, 0.1) is 5.82 Å². The average molecular weight is 458 g/mol. The van der Waals surface area contributed by atoms with E-state index < -0.39 is 0 Å². The molecule has 0 unspecified atom stereocenters. The molecule has 0 aromatic heterocycles. The molecule has 1 fully saturated rings. The van der Waals surface area contributed by atoms with E-state index in [0.717, 1.165) is 5.56 Å². The lowest BCUT2D eigenvalue weighted by atomic mass is 10.1. The van der Waals surface area contributed by atoms with Crippen LogP contribution in [0.25, 0.3) is 6.08 Å². The number of piperazine rings is 1. The van der Waals surface area contributed by atoms with Crippen LogP contribution in [0.15, 0.2) is 42.5 Å². The van der Waals surface area contributed by atoms with Crippen LogP contribution in [-0.4, -0.2) is 75.7 Å². The Morgan fingerprint density at radius 3 is 2.12 bits per heavy atom. The van der Waals surface area contributed by atoms with Gasteiger partial charge in [-0.1, -0.05) is 0 Å². The van der Waals surface area contributed by atoms with E-state index in [1.165, 1.54) is 51.7 Å². The van der Waals surface area contributed by atoms with Crippen LogP contribution < -0.4 is 19.5 Å². The van der Waals surface area contributed by atoms with E-state index in [9.17, 15) is 14.0 Å². The van der Waals surface area contributed by atoms with Gasteiger partial charge in [0.25, 0.3) is 0 Å². The first-order valence-corrected chi connectivity index (χ1v) is 10.5. The van der Waals surface area contributed by atoms with Gasteiger partial charge in [-0.25, -0.2) is 4.39 Å². The molecule has 1 saturated heterocycles. The Kier molecular flexibility index (Phi) is 8.26. The van der Waals surface area contributed by atoms with Gasteiger partial charge in [0.05, 0.1) is 27.9 Å². The highest BCUT2D eigenvalue weighted by molar-refractivity contribution is 5.93. The Morgan fingerprint density at radius 2 is 1.58 bits per heavy atom. The molecular formula is C24H28FN3O5. The number of benzene rings is 2. The zero-order valence-corrected chi connectivity index (χ0v) is 19.0. The maximum absolute atomic E-state index is 13.0. The fourth-order valence-corrected chi connectivity index (χ4v) is 3.53. The number of carbonyl (C=O) groups excluding carboxylic acids is 2. The second-order valence-corrected chi connectivity index (χ2v) is 7.45. The molecule has 0 radical (unpaired) electrons. The number of carbonyl (C=O) groups is 2. The smallest absolute Gasteiger partial charge is 0.246 e. The molecule has 0 spiro atoms. The number of halogens is 1. The summed E-state index contributed by atoms with van der Waals surface area (Å²) in [5, 5.41) is 2.75. The van der Waals surface area contributed by atoms with Gasteiger partial charge in [0.2, 0.25) is 17.6 Å². The summed E-state index contributed by atoms with van der Waals surface area (Å²) in [7, 11) is 4.61. The zero-order chi connectivity index (χ0) is 23.8. The third kappa shape index (κ3) is 6.45. The molecule has 1 N–H and O–H groups in total. The highest BCUT2D eigenvalue weighted by atomic mass is 19.1. The van der Waals surface area contributed by atoms with Crippen molar-refractivity contribution in [3.63, 3.8) is 0 Å². The van der Waals surface area contributed by atoms with Gasteiger partial charge in [0.15, 0.2) is 11.5 Å². The minimum absolute atomic E-state index is 0.112. The SMILES string of the molecule is COc1cc(/C=C/C(=O)N2CCN(CC(=O)Nc3ccc(F)cc3)CC2)cc(OC)c1OC. The Hall–Kier alpha value is -3.59. The molecule has 0 aliphatic carbocycles. The summed E-state index contributed by atoms with van der Waals surface area (Å²) in [6, 6.07) is 9.16. The van der Waals surface area contributed by atoms with Crippen molar-refractivity contribution < 1.29 is 28.2 Å². The van der Waals surface area contributed by atoms with Crippen LogP contribution in [-0.2, 0) is 9.59 Å². The molecular weight excluding hydrogens is 429 g/mol. The Balaban J connectivity index is 1.51. The average Bonchev–Trinajstić information content (AvgIpc) is 2.83. The lowest BCUT2D eigenvalue weighted by Crippen LogP contribution is -2.50. The Morgan fingerprint density at radius 1 is 0.970 bits per heavy atom. The third-order valence-corrected chi connectivity index (χ3v) is 5.28. The van der Waals surface area contributed by atoms with E-state index in [2.05, 4.69) is 5.32 Å². The second-order valence-electron chi connectivity index (χ2n) is 7.45. The largest absolute Gasteiger partial charge is 0.493 e. The topological polar surface area (TPSA) is 80.3 Å². The van der Waals surface area contributed by atoms with Crippen LogP contribution in [0.4, 0.5) is 10.1 Å². The maximum Gasteiger partial charge on any atom is 0.246 e. The van der Waals surface area contributed by atoms with Gasteiger partial charge >= 0.3 is 0 Å². The molecule has 1 aliphatic heterocycles. The standard InChI is InChI=1S/C24H28FN3O5/c1-31-20-14-17(15-21(32-2)24(20)33-3)4-9-23(30)28-12-10-27(11-13-28)16-22(29)26-19-7-5-18(25)6-8-19/h4-9,14-15H,10-13,16H2,1-3H3,(H,26,29)/b9-4+.